The Kier molecular flexibility index (Phi) is 5.73. The minimum absolute atomic E-state index is 0.00413. The topological polar surface area (TPSA) is 93.5 Å². The van der Waals surface area contributed by atoms with E-state index in [9.17, 15) is 27.9 Å². The Morgan fingerprint density at radius 1 is 1.36 bits per heavy atom. The summed E-state index contributed by atoms with van der Waals surface area (Å²) in [7, 11) is 0. The third-order valence-electron chi connectivity index (χ3n) is 4.42. The van der Waals surface area contributed by atoms with Crippen LogP contribution in [0.15, 0.2) is 40.1 Å². The molecule has 0 unspecified atom stereocenters. The lowest BCUT2D eigenvalue weighted by Crippen LogP contribution is -2.36. The average Bonchev–Trinajstić information content (AvgIpc) is 2.94. The monoisotopic (exact) mass is 400 g/mol. The first-order chi connectivity index (χ1) is 13.1. The number of aromatic nitrogens is 2. The molecule has 0 saturated carbocycles. The van der Waals surface area contributed by atoms with Gasteiger partial charge in [0, 0.05) is 12.6 Å². The SMILES string of the molecule is Cc1cccc(COC[C@H]2O[C@@H](n3cc(C(F)(F)F)c(=O)[nH]c3=O)C[C@@H]2O)c1. The van der Waals surface area contributed by atoms with E-state index in [-0.39, 0.29) is 19.6 Å². The molecule has 152 valence electrons. The predicted molar refractivity (Wildman–Crippen MR) is 91.7 cm³/mol. The van der Waals surface area contributed by atoms with Gasteiger partial charge < -0.3 is 14.6 Å². The van der Waals surface area contributed by atoms with Crippen molar-refractivity contribution in [1.29, 1.82) is 0 Å². The molecule has 1 aromatic heterocycles. The molecule has 2 N–H and O–H groups in total. The van der Waals surface area contributed by atoms with Gasteiger partial charge in [-0.15, -0.1) is 0 Å². The molecule has 10 heteroatoms. The largest absolute Gasteiger partial charge is 0.423 e. The molecule has 7 nitrogen and oxygen atoms in total. The van der Waals surface area contributed by atoms with Gasteiger partial charge in [-0.1, -0.05) is 29.8 Å². The predicted octanol–water partition coefficient (Wildman–Crippen LogP) is 1.73. The highest BCUT2D eigenvalue weighted by atomic mass is 19.4. The van der Waals surface area contributed by atoms with Gasteiger partial charge in [0.2, 0.25) is 0 Å². The lowest BCUT2D eigenvalue weighted by atomic mass is 10.1. The Labute approximate surface area is 157 Å². The summed E-state index contributed by atoms with van der Waals surface area (Å²) in [5.74, 6) is 0. The minimum atomic E-state index is -4.92. The fraction of sp³-hybridized carbons (Fsp3) is 0.444. The number of hydrogen-bond acceptors (Lipinski definition) is 5. The molecule has 0 spiro atoms. The second-order valence-electron chi connectivity index (χ2n) is 6.64. The van der Waals surface area contributed by atoms with Crippen LogP contribution in [0.3, 0.4) is 0 Å². The third kappa shape index (κ3) is 4.51. The highest BCUT2D eigenvalue weighted by Gasteiger charge is 2.39. The normalized spacial score (nSPS) is 22.5. The Balaban J connectivity index is 1.68. The number of ether oxygens (including phenoxy) is 2. The molecule has 1 saturated heterocycles. The fourth-order valence-corrected chi connectivity index (χ4v) is 3.03. The molecule has 0 aliphatic carbocycles. The lowest BCUT2D eigenvalue weighted by molar-refractivity contribution is -0.139. The molecule has 1 aromatic carbocycles. The molecule has 3 atom stereocenters. The first kappa shape index (κ1) is 20.3. The van der Waals surface area contributed by atoms with Crippen molar-refractivity contribution in [3.8, 4) is 0 Å². The smallest absolute Gasteiger partial charge is 0.390 e. The molecular formula is C18H19F3N2O5. The van der Waals surface area contributed by atoms with Crippen LogP contribution in [0.4, 0.5) is 13.2 Å². The first-order valence-electron chi connectivity index (χ1n) is 8.54. The van der Waals surface area contributed by atoms with Gasteiger partial charge in [-0.05, 0) is 12.5 Å². The Hall–Kier alpha value is -2.43. The summed E-state index contributed by atoms with van der Waals surface area (Å²) in [5, 5.41) is 10.1. The molecule has 2 heterocycles. The van der Waals surface area contributed by atoms with Crippen LogP contribution in [0.25, 0.3) is 0 Å². The van der Waals surface area contributed by atoms with Gasteiger partial charge in [-0.25, -0.2) is 4.79 Å². The second-order valence-corrected chi connectivity index (χ2v) is 6.64. The van der Waals surface area contributed by atoms with Gasteiger partial charge in [0.05, 0.1) is 19.3 Å². The van der Waals surface area contributed by atoms with Gasteiger partial charge in [0.1, 0.15) is 17.9 Å². The molecule has 1 aliphatic heterocycles. The van der Waals surface area contributed by atoms with Crippen LogP contribution in [0, 0.1) is 6.92 Å². The summed E-state index contributed by atoms with van der Waals surface area (Å²) in [6, 6.07) is 7.63. The molecule has 2 aromatic rings. The maximum absolute atomic E-state index is 12.9. The summed E-state index contributed by atoms with van der Waals surface area (Å²) >= 11 is 0. The molecule has 1 aliphatic rings. The highest BCUT2D eigenvalue weighted by Crippen LogP contribution is 2.30. The number of alkyl halides is 3. The molecule has 0 bridgehead atoms. The average molecular weight is 400 g/mol. The molecule has 0 radical (unpaired) electrons. The van der Waals surface area contributed by atoms with E-state index in [0.29, 0.717) is 10.8 Å². The van der Waals surface area contributed by atoms with Crippen LogP contribution in [0.2, 0.25) is 0 Å². The Morgan fingerprint density at radius 2 is 2.11 bits per heavy atom. The Bertz CT molecular complexity index is 953. The number of rotatable bonds is 5. The first-order valence-corrected chi connectivity index (χ1v) is 8.54. The van der Waals surface area contributed by atoms with E-state index in [0.717, 1.165) is 11.1 Å². The summed E-state index contributed by atoms with van der Waals surface area (Å²) in [6.45, 7) is 2.21. The van der Waals surface area contributed by atoms with Crippen LogP contribution in [-0.4, -0.2) is 33.5 Å². The van der Waals surface area contributed by atoms with Gasteiger partial charge >= 0.3 is 11.9 Å². The van der Waals surface area contributed by atoms with Gasteiger partial charge in [-0.2, -0.15) is 13.2 Å². The van der Waals surface area contributed by atoms with Crippen molar-refractivity contribution < 1.29 is 27.8 Å². The lowest BCUT2D eigenvalue weighted by Gasteiger charge is -2.17. The molecule has 3 rings (SSSR count). The fourth-order valence-electron chi connectivity index (χ4n) is 3.03. The number of aliphatic hydroxyl groups excluding tert-OH is 1. The molecule has 28 heavy (non-hydrogen) atoms. The Morgan fingerprint density at radius 3 is 2.79 bits per heavy atom. The van der Waals surface area contributed by atoms with E-state index in [2.05, 4.69) is 0 Å². The van der Waals surface area contributed by atoms with Crippen LogP contribution < -0.4 is 11.2 Å². The van der Waals surface area contributed by atoms with Crippen molar-refractivity contribution in [3.63, 3.8) is 0 Å². The number of nitrogens with zero attached hydrogens (tertiary/aromatic N) is 1. The summed E-state index contributed by atoms with van der Waals surface area (Å²) in [6.07, 6.45) is -7.61. The van der Waals surface area contributed by atoms with E-state index >= 15 is 0 Å². The summed E-state index contributed by atoms with van der Waals surface area (Å²) in [4.78, 5) is 24.9. The van der Waals surface area contributed by atoms with Crippen LogP contribution in [-0.2, 0) is 22.3 Å². The maximum Gasteiger partial charge on any atom is 0.423 e. The van der Waals surface area contributed by atoms with Crippen molar-refractivity contribution in [1.82, 2.24) is 9.55 Å². The quantitative estimate of drug-likeness (QED) is 0.797. The molecule has 1 fully saturated rings. The zero-order chi connectivity index (χ0) is 20.5. The maximum atomic E-state index is 12.9. The highest BCUT2D eigenvalue weighted by molar-refractivity contribution is 5.21. The number of halogens is 3. The van der Waals surface area contributed by atoms with Gasteiger partial charge in [-0.3, -0.25) is 14.3 Å². The standard InChI is InChI=1S/C18H19F3N2O5/c1-10-3-2-4-11(5-10)8-27-9-14-13(24)6-15(28-14)23-7-12(18(19,20)21)16(25)22-17(23)26/h2-5,7,13-15,24H,6,8-9H2,1H3,(H,22,25,26)/t13-,14+,15+/m0/s1. The van der Waals surface area contributed by atoms with E-state index in [1.54, 1.807) is 4.98 Å². The molecule has 0 amide bonds. The number of aryl methyl sites for hydroxylation is 1. The van der Waals surface area contributed by atoms with Gasteiger partial charge in [0.15, 0.2) is 0 Å². The number of aliphatic hydroxyl groups is 1. The van der Waals surface area contributed by atoms with Crippen molar-refractivity contribution >= 4 is 0 Å². The third-order valence-corrected chi connectivity index (χ3v) is 4.42. The van der Waals surface area contributed by atoms with E-state index in [1.165, 1.54) is 0 Å². The van der Waals surface area contributed by atoms with Crippen molar-refractivity contribution in [2.45, 2.75) is 44.6 Å². The van der Waals surface area contributed by atoms with E-state index in [4.69, 9.17) is 9.47 Å². The number of hydrogen-bond donors (Lipinski definition) is 2. The zero-order valence-corrected chi connectivity index (χ0v) is 14.9. The van der Waals surface area contributed by atoms with Crippen molar-refractivity contribution in [2.75, 3.05) is 6.61 Å². The van der Waals surface area contributed by atoms with Crippen LogP contribution >= 0.6 is 0 Å². The number of nitrogens with one attached hydrogen (secondary N) is 1. The van der Waals surface area contributed by atoms with E-state index in [1.807, 2.05) is 31.2 Å². The van der Waals surface area contributed by atoms with Gasteiger partial charge in [0.25, 0.3) is 5.56 Å². The van der Waals surface area contributed by atoms with E-state index < -0.39 is 41.4 Å². The van der Waals surface area contributed by atoms with Crippen LogP contribution in [0.5, 0.6) is 0 Å². The summed E-state index contributed by atoms with van der Waals surface area (Å²) in [5.41, 5.74) is -2.09. The van der Waals surface area contributed by atoms with Crippen molar-refractivity contribution in [2.24, 2.45) is 0 Å². The van der Waals surface area contributed by atoms with Crippen LogP contribution in [0.1, 0.15) is 29.3 Å². The second kappa shape index (κ2) is 7.90. The number of aromatic amines is 1. The summed E-state index contributed by atoms with van der Waals surface area (Å²) < 4.78 is 50.4. The zero-order valence-electron chi connectivity index (χ0n) is 14.9. The molecular weight excluding hydrogens is 381 g/mol. The van der Waals surface area contributed by atoms with Crippen molar-refractivity contribution in [3.05, 3.63) is 68.0 Å². The minimum Gasteiger partial charge on any atom is -0.390 e. The number of H-pyrrole nitrogens is 1. The number of benzene rings is 1.